The van der Waals surface area contributed by atoms with Gasteiger partial charge in [-0.1, -0.05) is 24.3 Å². The second-order valence-corrected chi connectivity index (χ2v) is 5.94. The number of nitriles is 2. The van der Waals surface area contributed by atoms with Crippen LogP contribution in [0.4, 0.5) is 0 Å². The summed E-state index contributed by atoms with van der Waals surface area (Å²) in [5.41, 5.74) is 2.90. The fourth-order valence-corrected chi connectivity index (χ4v) is 2.91. The summed E-state index contributed by atoms with van der Waals surface area (Å²) in [6.07, 6.45) is 3.83. The normalized spacial score (nSPS) is 9.85. The SMILES string of the molecule is C[n+]1ccccc1C(C#N)=c1ccc(=C(C#N)c2cccc[n+]2C)cc1. The highest BCUT2D eigenvalue weighted by Crippen LogP contribution is 2.05. The van der Waals surface area contributed by atoms with Gasteiger partial charge in [-0.3, -0.25) is 0 Å². The lowest BCUT2D eigenvalue weighted by Gasteiger charge is -1.99. The summed E-state index contributed by atoms with van der Waals surface area (Å²) in [4.78, 5) is 0. The minimum Gasteiger partial charge on any atom is -0.200 e. The zero-order valence-corrected chi connectivity index (χ0v) is 14.7. The van der Waals surface area contributed by atoms with Crippen molar-refractivity contribution in [3.05, 3.63) is 94.9 Å². The molecular formula is C22H18N4+2. The molecule has 2 aromatic heterocycles. The molecule has 26 heavy (non-hydrogen) atoms. The van der Waals surface area contributed by atoms with E-state index in [4.69, 9.17) is 0 Å². The van der Waals surface area contributed by atoms with Crippen molar-refractivity contribution in [2.75, 3.05) is 0 Å². The summed E-state index contributed by atoms with van der Waals surface area (Å²) in [5, 5.41) is 20.9. The van der Waals surface area contributed by atoms with Crippen molar-refractivity contribution in [2.24, 2.45) is 14.1 Å². The first-order valence-electron chi connectivity index (χ1n) is 8.20. The Labute approximate surface area is 152 Å². The molecule has 0 atom stereocenters. The van der Waals surface area contributed by atoms with E-state index in [1.807, 2.05) is 96.3 Å². The Kier molecular flexibility index (Phi) is 4.87. The maximum Gasteiger partial charge on any atom is 0.223 e. The van der Waals surface area contributed by atoms with Crippen molar-refractivity contribution < 1.29 is 9.13 Å². The molecule has 0 saturated heterocycles. The topological polar surface area (TPSA) is 55.3 Å². The highest BCUT2D eigenvalue weighted by atomic mass is 14.9. The molecule has 4 heteroatoms. The van der Waals surface area contributed by atoms with Gasteiger partial charge in [0, 0.05) is 24.3 Å². The Bertz CT molecular complexity index is 1060. The fourth-order valence-electron chi connectivity index (χ4n) is 2.91. The van der Waals surface area contributed by atoms with Gasteiger partial charge in [0.05, 0.1) is 0 Å². The highest BCUT2D eigenvalue weighted by Gasteiger charge is 2.13. The maximum atomic E-state index is 9.64. The molecule has 0 radical (unpaired) electrons. The number of rotatable bonds is 2. The standard InChI is InChI=1S/C22H18N4/c1-25-13-5-3-7-21(25)19(15-23)17-9-11-18(12-10-17)20(16-24)22-8-4-6-14-26(22)2/h3-14H,1-2H3/q+2. The van der Waals surface area contributed by atoms with Gasteiger partial charge in [-0.25, -0.2) is 9.13 Å². The number of pyridine rings is 2. The van der Waals surface area contributed by atoms with Crippen LogP contribution in [0.1, 0.15) is 11.4 Å². The van der Waals surface area contributed by atoms with Gasteiger partial charge in [0.15, 0.2) is 12.4 Å². The van der Waals surface area contributed by atoms with Crippen LogP contribution >= 0.6 is 0 Å². The molecule has 0 saturated carbocycles. The molecule has 0 aliphatic rings. The Hall–Kier alpha value is -3.76. The predicted molar refractivity (Wildman–Crippen MR) is 97.2 cm³/mol. The van der Waals surface area contributed by atoms with E-state index >= 15 is 0 Å². The second kappa shape index (κ2) is 7.42. The van der Waals surface area contributed by atoms with E-state index in [1.165, 1.54) is 0 Å². The molecule has 4 nitrogen and oxygen atoms in total. The molecule has 0 unspecified atom stereocenters. The first-order chi connectivity index (χ1) is 12.7. The van der Waals surface area contributed by atoms with E-state index < -0.39 is 0 Å². The molecule has 2 heterocycles. The monoisotopic (exact) mass is 338 g/mol. The molecule has 3 aromatic rings. The van der Waals surface area contributed by atoms with Gasteiger partial charge in [-0.05, 0) is 22.6 Å². The molecule has 0 bridgehead atoms. The van der Waals surface area contributed by atoms with Crippen LogP contribution in [0, 0.1) is 22.7 Å². The van der Waals surface area contributed by atoms with Gasteiger partial charge in [0.1, 0.15) is 37.4 Å². The zero-order chi connectivity index (χ0) is 18.5. The van der Waals surface area contributed by atoms with Crippen molar-refractivity contribution in [1.82, 2.24) is 0 Å². The fraction of sp³-hybridized carbons (Fsp3) is 0.0909. The Morgan fingerprint density at radius 1 is 0.654 bits per heavy atom. The maximum absolute atomic E-state index is 9.64. The van der Waals surface area contributed by atoms with Gasteiger partial charge in [-0.15, -0.1) is 0 Å². The predicted octanol–water partition coefficient (Wildman–Crippen LogP) is 0.781. The Morgan fingerprint density at radius 3 is 1.35 bits per heavy atom. The van der Waals surface area contributed by atoms with Crippen molar-refractivity contribution in [1.29, 1.82) is 10.5 Å². The van der Waals surface area contributed by atoms with Crippen LogP contribution in [0.15, 0.2) is 73.1 Å². The first-order valence-corrected chi connectivity index (χ1v) is 8.20. The zero-order valence-electron chi connectivity index (χ0n) is 14.7. The molecule has 1 aromatic carbocycles. The molecule has 124 valence electrons. The molecule has 0 spiro atoms. The lowest BCUT2D eigenvalue weighted by atomic mass is 10.1. The molecule has 0 aliphatic carbocycles. The molecule has 0 aliphatic heterocycles. The quantitative estimate of drug-likeness (QED) is 0.649. The van der Waals surface area contributed by atoms with Crippen molar-refractivity contribution >= 4 is 11.1 Å². The van der Waals surface area contributed by atoms with Crippen LogP contribution in [0.25, 0.3) is 11.1 Å². The molecule has 0 N–H and O–H groups in total. The van der Waals surface area contributed by atoms with Crippen LogP contribution in [0.5, 0.6) is 0 Å². The summed E-state index contributed by atoms with van der Waals surface area (Å²) in [7, 11) is 3.83. The molecule has 0 amide bonds. The van der Waals surface area contributed by atoms with Crippen molar-refractivity contribution in [2.45, 2.75) is 0 Å². The van der Waals surface area contributed by atoms with E-state index in [-0.39, 0.29) is 0 Å². The van der Waals surface area contributed by atoms with Crippen molar-refractivity contribution in [3.8, 4) is 12.1 Å². The van der Waals surface area contributed by atoms with E-state index in [0.29, 0.717) is 11.1 Å². The van der Waals surface area contributed by atoms with E-state index in [2.05, 4.69) is 12.1 Å². The number of nitrogens with zero attached hydrogens (tertiary/aromatic N) is 4. The van der Waals surface area contributed by atoms with E-state index in [0.717, 1.165) is 21.8 Å². The third kappa shape index (κ3) is 3.22. The Balaban J connectivity index is 2.23. The number of aromatic nitrogens is 2. The number of hydrogen-bond donors (Lipinski definition) is 0. The van der Waals surface area contributed by atoms with Crippen LogP contribution in [-0.2, 0) is 14.1 Å². The summed E-state index contributed by atoms with van der Waals surface area (Å²) in [6.45, 7) is 0. The molecular weight excluding hydrogens is 320 g/mol. The Morgan fingerprint density at radius 2 is 1.04 bits per heavy atom. The number of aryl methyl sites for hydroxylation is 2. The lowest BCUT2D eigenvalue weighted by Crippen LogP contribution is -2.34. The first kappa shape index (κ1) is 17.1. The number of hydrogen-bond acceptors (Lipinski definition) is 2. The highest BCUT2D eigenvalue weighted by molar-refractivity contribution is 5.74. The van der Waals surface area contributed by atoms with Crippen molar-refractivity contribution in [3.63, 3.8) is 0 Å². The third-order valence-corrected chi connectivity index (χ3v) is 4.31. The van der Waals surface area contributed by atoms with Crippen LogP contribution in [0.2, 0.25) is 0 Å². The average molecular weight is 338 g/mol. The second-order valence-electron chi connectivity index (χ2n) is 5.94. The number of benzene rings is 1. The third-order valence-electron chi connectivity index (χ3n) is 4.31. The lowest BCUT2D eigenvalue weighted by molar-refractivity contribution is -0.673. The summed E-state index contributed by atoms with van der Waals surface area (Å²) in [6, 6.07) is 23.7. The van der Waals surface area contributed by atoms with Crippen LogP contribution < -0.4 is 19.6 Å². The smallest absolute Gasteiger partial charge is 0.200 e. The largest absolute Gasteiger partial charge is 0.223 e. The van der Waals surface area contributed by atoms with Gasteiger partial charge in [0.25, 0.3) is 0 Å². The van der Waals surface area contributed by atoms with Gasteiger partial charge in [0.2, 0.25) is 11.4 Å². The molecule has 0 fully saturated rings. The minimum atomic E-state index is 0.600. The van der Waals surface area contributed by atoms with E-state index in [1.54, 1.807) is 0 Å². The van der Waals surface area contributed by atoms with Gasteiger partial charge >= 0.3 is 0 Å². The summed E-state index contributed by atoms with van der Waals surface area (Å²) >= 11 is 0. The van der Waals surface area contributed by atoms with Crippen LogP contribution in [0.3, 0.4) is 0 Å². The van der Waals surface area contributed by atoms with Gasteiger partial charge < -0.3 is 0 Å². The van der Waals surface area contributed by atoms with E-state index in [9.17, 15) is 10.5 Å². The minimum absolute atomic E-state index is 0.600. The molecule has 3 rings (SSSR count). The van der Waals surface area contributed by atoms with Crippen LogP contribution in [-0.4, -0.2) is 0 Å². The average Bonchev–Trinajstić information content (AvgIpc) is 2.67. The van der Waals surface area contributed by atoms with Gasteiger partial charge in [-0.2, -0.15) is 10.5 Å². The summed E-state index contributed by atoms with van der Waals surface area (Å²) < 4.78 is 3.84. The summed E-state index contributed by atoms with van der Waals surface area (Å²) in [5.74, 6) is 0.